The Labute approximate surface area is 139 Å². The first-order valence-corrected chi connectivity index (χ1v) is 8.75. The molecule has 0 heterocycles. The average Bonchev–Trinajstić information content (AvgIpc) is 2.60. The summed E-state index contributed by atoms with van der Waals surface area (Å²) in [5.74, 6) is -1.05. The molecular formula is C18H15NO4S. The van der Waals surface area contributed by atoms with Gasteiger partial charge >= 0.3 is 5.97 Å². The van der Waals surface area contributed by atoms with Gasteiger partial charge in [0.25, 0.3) is 0 Å². The van der Waals surface area contributed by atoms with Crippen LogP contribution in [-0.2, 0) is 16.6 Å². The van der Waals surface area contributed by atoms with Gasteiger partial charge in [0.05, 0.1) is 10.5 Å². The van der Waals surface area contributed by atoms with Crippen LogP contribution >= 0.6 is 0 Å². The van der Waals surface area contributed by atoms with Gasteiger partial charge in [-0.25, -0.2) is 17.9 Å². The Bertz CT molecular complexity index is 1010. The second-order valence-corrected chi connectivity index (χ2v) is 7.11. The van der Waals surface area contributed by atoms with Crippen LogP contribution in [0.25, 0.3) is 10.8 Å². The maximum absolute atomic E-state index is 12.4. The highest BCUT2D eigenvalue weighted by molar-refractivity contribution is 7.89. The van der Waals surface area contributed by atoms with Crippen molar-refractivity contribution in [3.8, 4) is 0 Å². The number of benzene rings is 3. The molecule has 24 heavy (non-hydrogen) atoms. The normalized spacial score (nSPS) is 11.5. The lowest BCUT2D eigenvalue weighted by Gasteiger charge is -2.08. The molecule has 0 fully saturated rings. The third-order valence-corrected chi connectivity index (χ3v) is 5.07. The van der Waals surface area contributed by atoms with Gasteiger partial charge < -0.3 is 5.11 Å². The van der Waals surface area contributed by atoms with Crippen molar-refractivity contribution in [3.63, 3.8) is 0 Å². The Balaban J connectivity index is 1.82. The van der Waals surface area contributed by atoms with E-state index in [0.29, 0.717) is 5.56 Å². The van der Waals surface area contributed by atoms with Crippen molar-refractivity contribution >= 4 is 26.8 Å². The summed E-state index contributed by atoms with van der Waals surface area (Å²) in [5.41, 5.74) is 0.705. The minimum Gasteiger partial charge on any atom is -0.478 e. The van der Waals surface area contributed by atoms with Gasteiger partial charge in [-0.15, -0.1) is 0 Å². The molecule has 2 N–H and O–H groups in total. The fourth-order valence-corrected chi connectivity index (χ4v) is 3.46. The molecule has 0 aliphatic carbocycles. The van der Waals surface area contributed by atoms with E-state index in [1.54, 1.807) is 30.3 Å². The van der Waals surface area contributed by atoms with Gasteiger partial charge in [-0.3, -0.25) is 0 Å². The average molecular weight is 341 g/mol. The van der Waals surface area contributed by atoms with E-state index in [1.807, 2.05) is 24.3 Å². The first-order chi connectivity index (χ1) is 11.5. The van der Waals surface area contributed by atoms with E-state index in [2.05, 4.69) is 4.72 Å². The molecule has 0 saturated heterocycles. The van der Waals surface area contributed by atoms with Crippen molar-refractivity contribution in [2.24, 2.45) is 0 Å². The van der Waals surface area contributed by atoms with Crippen LogP contribution in [0, 0.1) is 0 Å². The lowest BCUT2D eigenvalue weighted by atomic mass is 10.1. The molecule has 122 valence electrons. The standard InChI is InChI=1S/C18H15NO4S/c20-18(21)16-7-3-4-13(10-16)12-19-24(22,23)17-9-8-14-5-1-2-6-15(14)11-17/h1-11,19H,12H2,(H,20,21). The lowest BCUT2D eigenvalue weighted by molar-refractivity contribution is 0.0696. The zero-order chi connectivity index (χ0) is 17.2. The summed E-state index contributed by atoms with van der Waals surface area (Å²) in [5, 5.41) is 10.8. The van der Waals surface area contributed by atoms with Crippen LogP contribution in [0.4, 0.5) is 0 Å². The molecule has 0 atom stereocenters. The van der Waals surface area contributed by atoms with E-state index in [9.17, 15) is 13.2 Å². The molecule has 3 aromatic carbocycles. The van der Waals surface area contributed by atoms with E-state index >= 15 is 0 Å². The molecule has 0 aliphatic heterocycles. The summed E-state index contributed by atoms with van der Waals surface area (Å²) in [6.07, 6.45) is 0. The zero-order valence-corrected chi connectivity index (χ0v) is 13.5. The number of fused-ring (bicyclic) bond motifs is 1. The van der Waals surface area contributed by atoms with Crippen LogP contribution in [0.2, 0.25) is 0 Å². The van der Waals surface area contributed by atoms with Crippen molar-refractivity contribution in [2.45, 2.75) is 11.4 Å². The van der Waals surface area contributed by atoms with Crippen LogP contribution in [0.3, 0.4) is 0 Å². The van der Waals surface area contributed by atoms with Gasteiger partial charge in [-0.05, 0) is 40.6 Å². The Morgan fingerprint density at radius 3 is 2.42 bits per heavy atom. The Morgan fingerprint density at radius 1 is 0.917 bits per heavy atom. The molecule has 0 bridgehead atoms. The molecule has 0 radical (unpaired) electrons. The first-order valence-electron chi connectivity index (χ1n) is 7.26. The number of rotatable bonds is 5. The molecule has 6 heteroatoms. The van der Waals surface area contributed by atoms with Gasteiger partial charge in [0.15, 0.2) is 0 Å². The summed E-state index contributed by atoms with van der Waals surface area (Å²) >= 11 is 0. The molecule has 3 rings (SSSR count). The highest BCUT2D eigenvalue weighted by Crippen LogP contribution is 2.19. The Morgan fingerprint density at radius 2 is 1.67 bits per heavy atom. The van der Waals surface area contributed by atoms with Crippen LogP contribution in [0.15, 0.2) is 71.6 Å². The van der Waals surface area contributed by atoms with Crippen molar-refractivity contribution < 1.29 is 18.3 Å². The minimum atomic E-state index is -3.68. The molecule has 0 aromatic heterocycles. The van der Waals surface area contributed by atoms with Crippen LogP contribution in [0.1, 0.15) is 15.9 Å². The number of nitrogens with one attached hydrogen (secondary N) is 1. The largest absolute Gasteiger partial charge is 0.478 e. The zero-order valence-electron chi connectivity index (χ0n) is 12.6. The number of carboxylic acid groups (broad SMARTS) is 1. The third kappa shape index (κ3) is 3.45. The predicted molar refractivity (Wildman–Crippen MR) is 91.4 cm³/mol. The molecule has 0 saturated carbocycles. The molecule has 0 aliphatic rings. The number of hydrogen-bond acceptors (Lipinski definition) is 3. The smallest absolute Gasteiger partial charge is 0.335 e. The molecule has 3 aromatic rings. The summed E-state index contributed by atoms with van der Waals surface area (Å²) in [7, 11) is -3.68. The fourth-order valence-electron chi connectivity index (χ4n) is 2.41. The lowest BCUT2D eigenvalue weighted by Crippen LogP contribution is -2.23. The predicted octanol–water partition coefficient (Wildman–Crippen LogP) is 3.02. The van der Waals surface area contributed by atoms with Crippen molar-refractivity contribution in [2.75, 3.05) is 0 Å². The van der Waals surface area contributed by atoms with Crippen molar-refractivity contribution in [1.29, 1.82) is 0 Å². The van der Waals surface area contributed by atoms with Crippen LogP contribution < -0.4 is 4.72 Å². The van der Waals surface area contributed by atoms with E-state index in [1.165, 1.54) is 12.1 Å². The maximum Gasteiger partial charge on any atom is 0.335 e. The quantitative estimate of drug-likeness (QED) is 0.747. The second kappa shape index (κ2) is 6.43. The first kappa shape index (κ1) is 16.2. The number of carboxylic acids is 1. The summed E-state index contributed by atoms with van der Waals surface area (Å²) < 4.78 is 27.4. The van der Waals surface area contributed by atoms with Gasteiger partial charge in [-0.1, -0.05) is 42.5 Å². The molecule has 0 amide bonds. The van der Waals surface area contributed by atoms with Crippen molar-refractivity contribution in [1.82, 2.24) is 4.72 Å². The highest BCUT2D eigenvalue weighted by Gasteiger charge is 2.14. The molecular weight excluding hydrogens is 326 g/mol. The van der Waals surface area contributed by atoms with Gasteiger partial charge in [-0.2, -0.15) is 0 Å². The number of carbonyl (C=O) groups is 1. The van der Waals surface area contributed by atoms with E-state index in [-0.39, 0.29) is 17.0 Å². The van der Waals surface area contributed by atoms with E-state index in [0.717, 1.165) is 10.8 Å². The third-order valence-electron chi connectivity index (χ3n) is 3.67. The molecule has 5 nitrogen and oxygen atoms in total. The van der Waals surface area contributed by atoms with E-state index in [4.69, 9.17) is 5.11 Å². The van der Waals surface area contributed by atoms with Gasteiger partial charge in [0, 0.05) is 6.54 Å². The Hall–Kier alpha value is -2.70. The molecule has 0 spiro atoms. The monoisotopic (exact) mass is 341 g/mol. The molecule has 0 unspecified atom stereocenters. The number of aromatic carboxylic acids is 1. The van der Waals surface area contributed by atoms with Gasteiger partial charge in [0.1, 0.15) is 0 Å². The minimum absolute atomic E-state index is 0.0241. The topological polar surface area (TPSA) is 83.5 Å². The fraction of sp³-hybridized carbons (Fsp3) is 0.0556. The number of hydrogen-bond donors (Lipinski definition) is 2. The Kier molecular flexibility index (Phi) is 4.33. The maximum atomic E-state index is 12.4. The summed E-state index contributed by atoms with van der Waals surface area (Å²) in [4.78, 5) is 11.1. The summed E-state index contributed by atoms with van der Waals surface area (Å²) in [6, 6.07) is 18.6. The second-order valence-electron chi connectivity index (χ2n) is 5.34. The highest BCUT2D eigenvalue weighted by atomic mass is 32.2. The van der Waals surface area contributed by atoms with Gasteiger partial charge in [0.2, 0.25) is 10.0 Å². The van der Waals surface area contributed by atoms with E-state index < -0.39 is 16.0 Å². The SMILES string of the molecule is O=C(O)c1cccc(CNS(=O)(=O)c2ccc3ccccc3c2)c1. The van der Waals surface area contributed by atoms with Crippen LogP contribution in [-0.4, -0.2) is 19.5 Å². The number of sulfonamides is 1. The van der Waals surface area contributed by atoms with Crippen LogP contribution in [0.5, 0.6) is 0 Å². The summed E-state index contributed by atoms with van der Waals surface area (Å²) in [6.45, 7) is 0.0241. The van der Waals surface area contributed by atoms with Crippen molar-refractivity contribution in [3.05, 3.63) is 77.9 Å².